The Morgan fingerprint density at radius 1 is 0.750 bits per heavy atom. The number of ether oxygens (including phenoxy) is 4. The van der Waals surface area contributed by atoms with E-state index in [4.69, 9.17) is 18.9 Å². The zero-order valence-corrected chi connectivity index (χ0v) is 10.6. The molecule has 5 heterocycles. The maximum Gasteiger partial charge on any atom is 0.167 e. The van der Waals surface area contributed by atoms with E-state index in [1.54, 1.807) is 0 Å². The van der Waals surface area contributed by atoms with Crippen molar-refractivity contribution in [3.8, 4) is 0 Å². The molecule has 5 rings (SSSR count). The molecule has 0 unspecified atom stereocenters. The third-order valence-electron chi connectivity index (χ3n) is 2.84. The van der Waals surface area contributed by atoms with Crippen molar-refractivity contribution in [2.75, 3.05) is 36.2 Å². The maximum atomic E-state index is 5.81. The average Bonchev–Trinajstić information content (AvgIpc) is 2.30. The second kappa shape index (κ2) is 5.46. The monoisotopic (exact) mass is 264 g/mol. The summed E-state index contributed by atoms with van der Waals surface area (Å²) < 4.78 is 22.9. The van der Waals surface area contributed by atoms with Crippen molar-refractivity contribution in [1.82, 2.24) is 0 Å². The molecule has 6 heteroatoms. The molecular weight excluding hydrogens is 248 g/mol. The van der Waals surface area contributed by atoms with E-state index in [-0.39, 0.29) is 24.8 Å². The van der Waals surface area contributed by atoms with E-state index >= 15 is 0 Å². The molecule has 0 aromatic heterocycles. The first-order valence-electron chi connectivity index (χ1n) is 5.61. The van der Waals surface area contributed by atoms with Crippen LogP contribution in [-0.4, -0.2) is 61.0 Å². The molecule has 4 bridgehead atoms. The Morgan fingerprint density at radius 2 is 1.25 bits per heavy atom. The van der Waals surface area contributed by atoms with Crippen molar-refractivity contribution in [2.45, 2.75) is 24.8 Å². The lowest BCUT2D eigenvalue weighted by molar-refractivity contribution is -0.326. The molecule has 0 spiro atoms. The van der Waals surface area contributed by atoms with Gasteiger partial charge in [-0.1, -0.05) is 0 Å². The molecular formula is C10H16O4S2. The van der Waals surface area contributed by atoms with Crippen LogP contribution < -0.4 is 0 Å². The van der Waals surface area contributed by atoms with E-state index in [0.29, 0.717) is 13.2 Å². The van der Waals surface area contributed by atoms with Crippen molar-refractivity contribution < 1.29 is 18.9 Å². The molecule has 0 saturated carbocycles. The lowest BCUT2D eigenvalue weighted by Gasteiger charge is -2.42. The van der Waals surface area contributed by atoms with E-state index < -0.39 is 0 Å². The largest absolute Gasteiger partial charge is 0.349 e. The van der Waals surface area contributed by atoms with Gasteiger partial charge in [-0.05, 0) is 0 Å². The lowest BCUT2D eigenvalue weighted by Crippen LogP contribution is -2.54. The Kier molecular flexibility index (Phi) is 3.96. The first-order valence-corrected chi connectivity index (χ1v) is 7.92. The summed E-state index contributed by atoms with van der Waals surface area (Å²) in [4.78, 5) is 0. The lowest BCUT2D eigenvalue weighted by atomic mass is 10.2. The fourth-order valence-corrected chi connectivity index (χ4v) is 4.00. The van der Waals surface area contributed by atoms with Crippen LogP contribution >= 0.6 is 23.5 Å². The van der Waals surface area contributed by atoms with Gasteiger partial charge in [-0.25, -0.2) is 0 Å². The minimum absolute atomic E-state index is 0.0556. The molecule has 5 saturated heterocycles. The summed E-state index contributed by atoms with van der Waals surface area (Å²) in [6.45, 7) is 1.28. The standard InChI is InChI=1S/C10H16O4S2/c1-2-16-6-10-12-4-7-8(14-10)3-11-9(13-7)5-15-1/h7-10H,1-6H2/t7-,8-,9+,10+/m0/s1. The van der Waals surface area contributed by atoms with Crippen LogP contribution in [0.15, 0.2) is 0 Å². The first-order chi connectivity index (χ1) is 7.92. The molecule has 0 aliphatic carbocycles. The Hall–Kier alpha value is 0.540. The Labute approximate surface area is 104 Å². The smallest absolute Gasteiger partial charge is 0.167 e. The number of hydrogen-bond donors (Lipinski definition) is 0. The van der Waals surface area contributed by atoms with E-state index in [1.165, 1.54) is 0 Å². The van der Waals surface area contributed by atoms with Gasteiger partial charge >= 0.3 is 0 Å². The summed E-state index contributed by atoms with van der Waals surface area (Å²) in [6, 6.07) is 0. The molecule has 0 radical (unpaired) electrons. The summed E-state index contributed by atoms with van der Waals surface area (Å²) in [6.07, 6.45) is -0.0566. The van der Waals surface area contributed by atoms with Crippen LogP contribution in [-0.2, 0) is 18.9 Å². The van der Waals surface area contributed by atoms with Gasteiger partial charge in [0.15, 0.2) is 12.6 Å². The van der Waals surface area contributed by atoms with Gasteiger partial charge in [0, 0.05) is 23.0 Å². The molecule has 0 aromatic rings. The van der Waals surface area contributed by atoms with Crippen molar-refractivity contribution in [3.63, 3.8) is 0 Å². The molecule has 5 aliphatic heterocycles. The van der Waals surface area contributed by atoms with Crippen LogP contribution in [0.25, 0.3) is 0 Å². The molecule has 5 aliphatic rings. The predicted molar refractivity (Wildman–Crippen MR) is 63.9 cm³/mol. The SMILES string of the molecule is C1CSC[C@@H]2OC[C@@H]3O[C@H](CS1)OC[C@@H]3O2. The minimum Gasteiger partial charge on any atom is -0.349 e. The van der Waals surface area contributed by atoms with Gasteiger partial charge in [0.25, 0.3) is 0 Å². The number of rotatable bonds is 0. The van der Waals surface area contributed by atoms with Crippen LogP contribution in [0.5, 0.6) is 0 Å². The Morgan fingerprint density at radius 3 is 1.75 bits per heavy atom. The number of fused-ring (bicyclic) bond motifs is 2. The fraction of sp³-hybridized carbons (Fsp3) is 1.00. The maximum absolute atomic E-state index is 5.81. The second-order valence-corrected chi connectivity index (χ2v) is 6.32. The highest BCUT2D eigenvalue weighted by molar-refractivity contribution is 8.02. The van der Waals surface area contributed by atoms with E-state index in [0.717, 1.165) is 23.0 Å². The summed E-state index contributed by atoms with van der Waals surface area (Å²) in [5.41, 5.74) is 0. The van der Waals surface area contributed by atoms with Gasteiger partial charge in [-0.2, -0.15) is 23.5 Å². The Balaban J connectivity index is 1.67. The van der Waals surface area contributed by atoms with Crippen molar-refractivity contribution in [2.24, 2.45) is 0 Å². The summed E-state index contributed by atoms with van der Waals surface area (Å²) in [5, 5.41) is 0. The topological polar surface area (TPSA) is 36.9 Å². The van der Waals surface area contributed by atoms with Crippen LogP contribution in [0.2, 0.25) is 0 Å². The summed E-state index contributed by atoms with van der Waals surface area (Å²) in [7, 11) is 0. The van der Waals surface area contributed by atoms with Gasteiger partial charge in [0.2, 0.25) is 0 Å². The minimum atomic E-state index is -0.0839. The van der Waals surface area contributed by atoms with Crippen molar-refractivity contribution >= 4 is 23.5 Å². The normalized spacial score (nSPS) is 45.0. The second-order valence-electron chi connectivity index (χ2n) is 4.02. The van der Waals surface area contributed by atoms with Gasteiger partial charge in [0.1, 0.15) is 12.2 Å². The molecule has 5 fully saturated rings. The van der Waals surface area contributed by atoms with Crippen LogP contribution in [0.1, 0.15) is 0 Å². The molecule has 0 aromatic carbocycles. The van der Waals surface area contributed by atoms with Crippen LogP contribution in [0, 0.1) is 0 Å². The van der Waals surface area contributed by atoms with E-state index in [1.807, 2.05) is 23.5 Å². The van der Waals surface area contributed by atoms with E-state index in [9.17, 15) is 0 Å². The van der Waals surface area contributed by atoms with Gasteiger partial charge in [-0.15, -0.1) is 0 Å². The van der Waals surface area contributed by atoms with E-state index in [2.05, 4.69) is 0 Å². The zero-order valence-electron chi connectivity index (χ0n) is 9.00. The third-order valence-corrected chi connectivity index (χ3v) is 5.10. The predicted octanol–water partition coefficient (Wildman–Crippen LogP) is 0.949. The summed E-state index contributed by atoms with van der Waals surface area (Å²) >= 11 is 3.80. The van der Waals surface area contributed by atoms with Gasteiger partial charge < -0.3 is 18.9 Å². The number of hydrogen-bond acceptors (Lipinski definition) is 6. The number of thioether (sulfide) groups is 2. The van der Waals surface area contributed by atoms with Gasteiger partial charge in [-0.3, -0.25) is 0 Å². The molecule has 4 nitrogen and oxygen atoms in total. The van der Waals surface area contributed by atoms with Crippen LogP contribution in [0.4, 0.5) is 0 Å². The highest BCUT2D eigenvalue weighted by Gasteiger charge is 2.38. The molecule has 4 atom stereocenters. The molecule has 0 N–H and O–H groups in total. The van der Waals surface area contributed by atoms with Gasteiger partial charge in [0.05, 0.1) is 13.2 Å². The summed E-state index contributed by atoms with van der Waals surface area (Å²) in [5.74, 6) is 4.09. The fourth-order valence-electron chi connectivity index (χ4n) is 1.99. The highest BCUT2D eigenvalue weighted by atomic mass is 32.2. The molecule has 16 heavy (non-hydrogen) atoms. The first kappa shape index (κ1) is 11.6. The molecule has 92 valence electrons. The quantitative estimate of drug-likeness (QED) is 0.648. The van der Waals surface area contributed by atoms with Crippen LogP contribution in [0.3, 0.4) is 0 Å². The third kappa shape index (κ3) is 2.68. The van der Waals surface area contributed by atoms with Crippen molar-refractivity contribution in [3.05, 3.63) is 0 Å². The highest BCUT2D eigenvalue weighted by Crippen LogP contribution is 2.27. The zero-order chi connectivity index (χ0) is 10.8. The molecule has 0 amide bonds. The average molecular weight is 264 g/mol. The van der Waals surface area contributed by atoms with Crippen molar-refractivity contribution in [1.29, 1.82) is 0 Å². The Bertz CT molecular complexity index is 213.